The maximum atomic E-state index is 11.8. The van der Waals surface area contributed by atoms with Gasteiger partial charge < -0.3 is 10.5 Å². The molecular formula is C11H17FN2O. The number of hydrogen-bond donors (Lipinski definition) is 1. The van der Waals surface area contributed by atoms with Crippen molar-refractivity contribution in [2.75, 3.05) is 13.3 Å². The molecule has 0 saturated carbocycles. The maximum absolute atomic E-state index is 11.8. The van der Waals surface area contributed by atoms with E-state index in [4.69, 9.17) is 10.5 Å². The summed E-state index contributed by atoms with van der Waals surface area (Å²) < 4.78 is 16.9. The minimum Gasteiger partial charge on any atom is -0.489 e. The van der Waals surface area contributed by atoms with Crippen LogP contribution in [-0.2, 0) is 6.42 Å². The van der Waals surface area contributed by atoms with Crippen LogP contribution in [0.2, 0.25) is 0 Å². The van der Waals surface area contributed by atoms with E-state index in [0.29, 0.717) is 5.75 Å². The van der Waals surface area contributed by atoms with Gasteiger partial charge in [0.15, 0.2) is 0 Å². The van der Waals surface area contributed by atoms with Gasteiger partial charge in [0.25, 0.3) is 0 Å². The number of hydrogen-bond acceptors (Lipinski definition) is 3. The highest BCUT2D eigenvalue weighted by Crippen LogP contribution is 2.10. The van der Waals surface area contributed by atoms with Crippen LogP contribution in [0.3, 0.4) is 0 Å². The van der Waals surface area contributed by atoms with E-state index >= 15 is 0 Å². The van der Waals surface area contributed by atoms with Crippen LogP contribution in [0.4, 0.5) is 4.39 Å². The average Bonchev–Trinajstić information content (AvgIpc) is 2.28. The van der Waals surface area contributed by atoms with Gasteiger partial charge in [-0.05, 0) is 18.6 Å². The smallest absolute Gasteiger partial charge is 0.137 e. The molecule has 0 spiro atoms. The SMILES string of the molecule is CCC(N)Cc1ccc(OCCF)cn1. The topological polar surface area (TPSA) is 48.1 Å². The first kappa shape index (κ1) is 11.9. The van der Waals surface area contributed by atoms with Gasteiger partial charge in [-0.15, -0.1) is 0 Å². The minimum absolute atomic E-state index is 0.0789. The van der Waals surface area contributed by atoms with E-state index in [1.807, 2.05) is 13.0 Å². The highest BCUT2D eigenvalue weighted by atomic mass is 19.1. The minimum atomic E-state index is -0.484. The van der Waals surface area contributed by atoms with Crippen LogP contribution in [0.25, 0.3) is 0 Å². The van der Waals surface area contributed by atoms with Crippen LogP contribution in [0.1, 0.15) is 19.0 Å². The van der Waals surface area contributed by atoms with Gasteiger partial charge in [-0.3, -0.25) is 4.98 Å². The van der Waals surface area contributed by atoms with Gasteiger partial charge in [-0.25, -0.2) is 4.39 Å². The van der Waals surface area contributed by atoms with Crippen molar-refractivity contribution in [1.29, 1.82) is 0 Å². The van der Waals surface area contributed by atoms with Crippen molar-refractivity contribution < 1.29 is 9.13 Å². The number of pyridine rings is 1. The van der Waals surface area contributed by atoms with Crippen molar-refractivity contribution >= 4 is 0 Å². The van der Waals surface area contributed by atoms with Gasteiger partial charge in [0.2, 0.25) is 0 Å². The first-order chi connectivity index (χ1) is 7.26. The molecule has 15 heavy (non-hydrogen) atoms. The Labute approximate surface area is 89.5 Å². The molecule has 3 nitrogen and oxygen atoms in total. The summed E-state index contributed by atoms with van der Waals surface area (Å²) >= 11 is 0. The Morgan fingerprint density at radius 1 is 1.53 bits per heavy atom. The van der Waals surface area contributed by atoms with Gasteiger partial charge in [0, 0.05) is 18.2 Å². The number of ether oxygens (including phenoxy) is 1. The molecule has 0 aliphatic rings. The fourth-order valence-corrected chi connectivity index (χ4v) is 1.19. The van der Waals surface area contributed by atoms with E-state index in [1.165, 1.54) is 0 Å². The molecule has 0 aliphatic carbocycles. The van der Waals surface area contributed by atoms with Crippen LogP contribution in [-0.4, -0.2) is 24.3 Å². The zero-order chi connectivity index (χ0) is 11.1. The molecule has 1 aromatic heterocycles. The van der Waals surface area contributed by atoms with E-state index in [2.05, 4.69) is 4.98 Å². The average molecular weight is 212 g/mol. The van der Waals surface area contributed by atoms with E-state index in [1.54, 1.807) is 12.3 Å². The third-order valence-corrected chi connectivity index (χ3v) is 2.14. The standard InChI is InChI=1S/C11H17FN2O/c1-2-9(13)7-10-3-4-11(8-14-10)15-6-5-12/h3-4,8-9H,2,5-7,13H2,1H3. The summed E-state index contributed by atoms with van der Waals surface area (Å²) in [5, 5.41) is 0. The van der Waals surface area contributed by atoms with Gasteiger partial charge in [0.1, 0.15) is 19.0 Å². The van der Waals surface area contributed by atoms with E-state index in [0.717, 1.165) is 18.5 Å². The molecular weight excluding hydrogens is 195 g/mol. The fraction of sp³-hybridized carbons (Fsp3) is 0.545. The van der Waals surface area contributed by atoms with Crippen LogP contribution in [0.15, 0.2) is 18.3 Å². The lowest BCUT2D eigenvalue weighted by molar-refractivity contribution is 0.272. The summed E-state index contributed by atoms with van der Waals surface area (Å²) in [5.74, 6) is 0.599. The summed E-state index contributed by atoms with van der Waals surface area (Å²) in [6.45, 7) is 1.64. The Morgan fingerprint density at radius 2 is 2.33 bits per heavy atom. The predicted octanol–water partition coefficient (Wildman–Crippen LogP) is 1.71. The largest absolute Gasteiger partial charge is 0.489 e. The lowest BCUT2D eigenvalue weighted by Gasteiger charge is -2.08. The molecule has 0 aliphatic heterocycles. The summed E-state index contributed by atoms with van der Waals surface area (Å²) in [6.07, 6.45) is 3.30. The Kier molecular flexibility index (Phi) is 5.04. The molecule has 4 heteroatoms. The molecule has 1 unspecified atom stereocenters. The molecule has 1 heterocycles. The van der Waals surface area contributed by atoms with Crippen LogP contribution < -0.4 is 10.5 Å². The molecule has 0 radical (unpaired) electrons. The third kappa shape index (κ3) is 4.25. The van der Waals surface area contributed by atoms with Gasteiger partial charge in [0.05, 0.1) is 6.20 Å². The van der Waals surface area contributed by atoms with Crippen LogP contribution in [0, 0.1) is 0 Å². The predicted molar refractivity (Wildman–Crippen MR) is 57.7 cm³/mol. The molecule has 0 amide bonds. The monoisotopic (exact) mass is 212 g/mol. The molecule has 1 aromatic rings. The Balaban J connectivity index is 2.48. The van der Waals surface area contributed by atoms with Crippen molar-refractivity contribution in [2.24, 2.45) is 5.73 Å². The van der Waals surface area contributed by atoms with E-state index in [-0.39, 0.29) is 12.6 Å². The summed E-state index contributed by atoms with van der Waals surface area (Å²) in [4.78, 5) is 4.19. The summed E-state index contributed by atoms with van der Waals surface area (Å²) in [5.41, 5.74) is 6.74. The van der Waals surface area contributed by atoms with Crippen molar-refractivity contribution in [1.82, 2.24) is 4.98 Å². The molecule has 0 aromatic carbocycles. The highest BCUT2D eigenvalue weighted by Gasteiger charge is 2.02. The first-order valence-electron chi connectivity index (χ1n) is 5.15. The quantitative estimate of drug-likeness (QED) is 0.781. The molecule has 1 atom stereocenters. The Morgan fingerprint density at radius 3 is 2.87 bits per heavy atom. The second kappa shape index (κ2) is 6.35. The number of aromatic nitrogens is 1. The Bertz CT molecular complexity index is 276. The Hall–Kier alpha value is -1.16. The zero-order valence-corrected chi connectivity index (χ0v) is 8.95. The first-order valence-corrected chi connectivity index (χ1v) is 5.15. The zero-order valence-electron chi connectivity index (χ0n) is 8.95. The third-order valence-electron chi connectivity index (χ3n) is 2.14. The van der Waals surface area contributed by atoms with Gasteiger partial charge in [-0.2, -0.15) is 0 Å². The van der Waals surface area contributed by atoms with Gasteiger partial charge in [-0.1, -0.05) is 6.92 Å². The second-order valence-corrected chi connectivity index (χ2v) is 3.40. The van der Waals surface area contributed by atoms with Gasteiger partial charge >= 0.3 is 0 Å². The van der Waals surface area contributed by atoms with Crippen molar-refractivity contribution in [2.45, 2.75) is 25.8 Å². The van der Waals surface area contributed by atoms with Crippen LogP contribution in [0.5, 0.6) is 5.75 Å². The molecule has 0 saturated heterocycles. The van der Waals surface area contributed by atoms with Crippen molar-refractivity contribution in [3.63, 3.8) is 0 Å². The normalized spacial score (nSPS) is 12.5. The summed E-state index contributed by atoms with van der Waals surface area (Å²) in [7, 11) is 0. The number of alkyl halides is 1. The highest BCUT2D eigenvalue weighted by molar-refractivity contribution is 5.20. The maximum Gasteiger partial charge on any atom is 0.137 e. The number of halogens is 1. The fourth-order valence-electron chi connectivity index (χ4n) is 1.19. The molecule has 1 rings (SSSR count). The number of rotatable bonds is 6. The van der Waals surface area contributed by atoms with E-state index in [9.17, 15) is 4.39 Å². The van der Waals surface area contributed by atoms with E-state index < -0.39 is 6.67 Å². The van der Waals surface area contributed by atoms with Crippen molar-refractivity contribution in [3.8, 4) is 5.75 Å². The molecule has 0 bridgehead atoms. The molecule has 84 valence electrons. The van der Waals surface area contributed by atoms with Crippen LogP contribution >= 0.6 is 0 Å². The number of nitrogens with two attached hydrogens (primary N) is 1. The van der Waals surface area contributed by atoms with Crippen molar-refractivity contribution in [3.05, 3.63) is 24.0 Å². The summed E-state index contributed by atoms with van der Waals surface area (Å²) in [6, 6.07) is 3.80. The lowest BCUT2D eigenvalue weighted by Crippen LogP contribution is -2.21. The number of nitrogens with zero attached hydrogens (tertiary/aromatic N) is 1. The second-order valence-electron chi connectivity index (χ2n) is 3.40. The lowest BCUT2D eigenvalue weighted by atomic mass is 10.1. The molecule has 2 N–H and O–H groups in total. The molecule has 0 fully saturated rings.